The minimum atomic E-state index is -1.05. The minimum absolute atomic E-state index is 0.124. The molecule has 0 spiro atoms. The third-order valence-corrected chi connectivity index (χ3v) is 3.72. The van der Waals surface area contributed by atoms with Crippen LogP contribution in [0.3, 0.4) is 0 Å². The first-order valence-corrected chi connectivity index (χ1v) is 6.50. The van der Waals surface area contributed by atoms with Crippen molar-refractivity contribution in [2.45, 2.75) is 9.79 Å². The monoisotopic (exact) mass is 289 g/mol. The number of hydrogen-bond acceptors (Lipinski definition) is 3. The summed E-state index contributed by atoms with van der Waals surface area (Å²) < 4.78 is 0. The van der Waals surface area contributed by atoms with Gasteiger partial charge in [0.25, 0.3) is 0 Å². The average Bonchev–Trinajstić information content (AvgIpc) is 2.41. The molecule has 0 aromatic heterocycles. The predicted octanol–water partition coefficient (Wildman–Crippen LogP) is 4.06. The molecule has 19 heavy (non-hydrogen) atoms. The van der Waals surface area contributed by atoms with Gasteiger partial charge in [0, 0.05) is 14.8 Å². The number of nitriles is 1. The summed E-state index contributed by atoms with van der Waals surface area (Å²) in [5, 5.41) is 18.6. The van der Waals surface area contributed by atoms with E-state index in [0.717, 1.165) is 4.90 Å². The van der Waals surface area contributed by atoms with Gasteiger partial charge in [-0.1, -0.05) is 23.4 Å². The molecule has 0 aliphatic heterocycles. The molecule has 0 saturated heterocycles. The van der Waals surface area contributed by atoms with Crippen LogP contribution in [0.5, 0.6) is 0 Å². The van der Waals surface area contributed by atoms with Crippen LogP contribution in [-0.2, 0) is 0 Å². The van der Waals surface area contributed by atoms with Gasteiger partial charge in [-0.05, 0) is 42.5 Å². The Morgan fingerprint density at radius 3 is 2.47 bits per heavy atom. The Kier molecular flexibility index (Phi) is 4.10. The summed E-state index contributed by atoms with van der Waals surface area (Å²) in [6.07, 6.45) is 0. The van der Waals surface area contributed by atoms with E-state index in [-0.39, 0.29) is 5.56 Å². The number of halogens is 1. The minimum Gasteiger partial charge on any atom is -0.478 e. The van der Waals surface area contributed by atoms with E-state index in [1.54, 1.807) is 24.3 Å². The van der Waals surface area contributed by atoms with E-state index >= 15 is 0 Å². The second-order valence-electron chi connectivity index (χ2n) is 3.68. The van der Waals surface area contributed by atoms with E-state index in [9.17, 15) is 4.79 Å². The molecule has 2 aromatic rings. The number of aromatic carboxylic acids is 1. The molecular weight excluding hydrogens is 282 g/mol. The molecule has 0 radical (unpaired) electrons. The van der Waals surface area contributed by atoms with Crippen molar-refractivity contribution in [2.75, 3.05) is 0 Å². The van der Waals surface area contributed by atoms with Gasteiger partial charge in [-0.15, -0.1) is 0 Å². The molecule has 2 rings (SSSR count). The lowest BCUT2D eigenvalue weighted by atomic mass is 10.1. The molecule has 0 bridgehead atoms. The fourth-order valence-corrected chi connectivity index (χ4v) is 2.53. The summed E-state index contributed by atoms with van der Waals surface area (Å²) in [6.45, 7) is 0. The highest BCUT2D eigenvalue weighted by atomic mass is 35.5. The summed E-state index contributed by atoms with van der Waals surface area (Å²) in [6, 6.07) is 13.7. The van der Waals surface area contributed by atoms with Crippen LogP contribution in [0, 0.1) is 11.3 Å². The maximum Gasteiger partial charge on any atom is 0.336 e. The lowest BCUT2D eigenvalue weighted by Gasteiger charge is -2.06. The number of carboxylic acid groups (broad SMARTS) is 1. The van der Waals surface area contributed by atoms with Gasteiger partial charge >= 0.3 is 5.97 Å². The highest BCUT2D eigenvalue weighted by Gasteiger charge is 2.12. The number of rotatable bonds is 3. The molecule has 2 aromatic carbocycles. The first-order valence-electron chi connectivity index (χ1n) is 5.31. The van der Waals surface area contributed by atoms with Gasteiger partial charge in [0.2, 0.25) is 0 Å². The third kappa shape index (κ3) is 3.28. The van der Waals surface area contributed by atoms with Crippen LogP contribution in [0.2, 0.25) is 5.02 Å². The zero-order valence-corrected chi connectivity index (χ0v) is 11.2. The normalized spacial score (nSPS) is 9.89. The summed E-state index contributed by atoms with van der Waals surface area (Å²) in [7, 11) is 0. The summed E-state index contributed by atoms with van der Waals surface area (Å²) in [5.74, 6) is -1.05. The molecule has 0 atom stereocenters. The molecule has 0 amide bonds. The fraction of sp³-hybridized carbons (Fsp3) is 0. The van der Waals surface area contributed by atoms with Crippen LogP contribution in [0.15, 0.2) is 52.3 Å². The Morgan fingerprint density at radius 1 is 1.21 bits per heavy atom. The molecule has 0 saturated carbocycles. The van der Waals surface area contributed by atoms with Crippen LogP contribution >= 0.6 is 23.4 Å². The Bertz CT molecular complexity index is 662. The summed E-state index contributed by atoms with van der Waals surface area (Å²) in [5.41, 5.74) is 0.455. The standard InChI is InChI=1S/C14H8ClNO2S/c15-10-2-4-11(5-3-10)19-13-6-1-9(8-16)7-12(13)14(17)18/h1-7H,(H,17,18). The van der Waals surface area contributed by atoms with Crippen LogP contribution < -0.4 is 0 Å². The molecule has 0 aliphatic rings. The van der Waals surface area contributed by atoms with Gasteiger partial charge in [0.05, 0.1) is 17.2 Å². The van der Waals surface area contributed by atoms with E-state index in [1.807, 2.05) is 18.2 Å². The van der Waals surface area contributed by atoms with Crippen molar-refractivity contribution in [3.05, 3.63) is 58.6 Å². The van der Waals surface area contributed by atoms with Crippen molar-refractivity contribution in [3.8, 4) is 6.07 Å². The van der Waals surface area contributed by atoms with E-state index in [0.29, 0.717) is 15.5 Å². The zero-order valence-electron chi connectivity index (χ0n) is 9.63. The molecule has 0 fully saturated rings. The highest BCUT2D eigenvalue weighted by molar-refractivity contribution is 7.99. The van der Waals surface area contributed by atoms with Crippen molar-refractivity contribution in [2.24, 2.45) is 0 Å². The van der Waals surface area contributed by atoms with Crippen molar-refractivity contribution in [3.63, 3.8) is 0 Å². The van der Waals surface area contributed by atoms with Crippen molar-refractivity contribution in [1.82, 2.24) is 0 Å². The SMILES string of the molecule is N#Cc1ccc(Sc2ccc(Cl)cc2)c(C(=O)O)c1. The van der Waals surface area contributed by atoms with Crippen molar-refractivity contribution in [1.29, 1.82) is 5.26 Å². The molecular formula is C14H8ClNO2S. The second kappa shape index (κ2) is 5.79. The average molecular weight is 290 g/mol. The number of nitrogens with zero attached hydrogens (tertiary/aromatic N) is 1. The zero-order chi connectivity index (χ0) is 13.8. The molecule has 0 heterocycles. The van der Waals surface area contributed by atoms with Gasteiger partial charge in [-0.3, -0.25) is 0 Å². The van der Waals surface area contributed by atoms with E-state index in [2.05, 4.69) is 0 Å². The largest absolute Gasteiger partial charge is 0.478 e. The van der Waals surface area contributed by atoms with Crippen molar-refractivity contribution >= 4 is 29.3 Å². The first-order chi connectivity index (χ1) is 9.10. The topological polar surface area (TPSA) is 61.1 Å². The van der Waals surface area contributed by atoms with Gasteiger partial charge in [0.15, 0.2) is 0 Å². The lowest BCUT2D eigenvalue weighted by Crippen LogP contribution is -1.99. The second-order valence-corrected chi connectivity index (χ2v) is 5.24. The maximum absolute atomic E-state index is 11.2. The number of carboxylic acids is 1. The molecule has 3 nitrogen and oxygen atoms in total. The van der Waals surface area contributed by atoms with Crippen LogP contribution in [-0.4, -0.2) is 11.1 Å². The molecule has 0 unspecified atom stereocenters. The van der Waals surface area contributed by atoms with Crippen LogP contribution in [0.4, 0.5) is 0 Å². The van der Waals surface area contributed by atoms with E-state index < -0.39 is 5.97 Å². The lowest BCUT2D eigenvalue weighted by molar-refractivity contribution is 0.0693. The van der Waals surface area contributed by atoms with Crippen LogP contribution in [0.1, 0.15) is 15.9 Å². The van der Waals surface area contributed by atoms with E-state index in [4.69, 9.17) is 22.0 Å². The van der Waals surface area contributed by atoms with Crippen LogP contribution in [0.25, 0.3) is 0 Å². The first kappa shape index (κ1) is 13.5. The molecule has 94 valence electrons. The Balaban J connectivity index is 2.37. The Labute approximate surface area is 119 Å². The number of hydrogen-bond donors (Lipinski definition) is 1. The highest BCUT2D eigenvalue weighted by Crippen LogP contribution is 2.31. The smallest absolute Gasteiger partial charge is 0.336 e. The Hall–Kier alpha value is -1.96. The van der Waals surface area contributed by atoms with Gasteiger partial charge in [0.1, 0.15) is 0 Å². The molecule has 0 aliphatic carbocycles. The number of carbonyl (C=O) groups is 1. The summed E-state index contributed by atoms with van der Waals surface area (Å²) in [4.78, 5) is 12.7. The molecule has 1 N–H and O–H groups in total. The summed E-state index contributed by atoms with van der Waals surface area (Å²) >= 11 is 7.12. The van der Waals surface area contributed by atoms with Crippen molar-refractivity contribution < 1.29 is 9.90 Å². The quantitative estimate of drug-likeness (QED) is 0.925. The van der Waals surface area contributed by atoms with Gasteiger partial charge in [-0.25, -0.2) is 4.79 Å². The van der Waals surface area contributed by atoms with Gasteiger partial charge in [-0.2, -0.15) is 5.26 Å². The third-order valence-electron chi connectivity index (χ3n) is 2.38. The predicted molar refractivity (Wildman–Crippen MR) is 73.7 cm³/mol. The number of benzene rings is 2. The Morgan fingerprint density at radius 2 is 1.89 bits per heavy atom. The maximum atomic E-state index is 11.2. The van der Waals surface area contributed by atoms with E-state index in [1.165, 1.54) is 17.8 Å². The van der Waals surface area contributed by atoms with Gasteiger partial charge < -0.3 is 5.11 Å². The fourth-order valence-electron chi connectivity index (χ4n) is 1.49. The molecule has 5 heteroatoms.